The van der Waals surface area contributed by atoms with Gasteiger partial charge in [0.1, 0.15) is 11.4 Å². The maximum Gasteiger partial charge on any atom is 0.421 e. The molecule has 0 spiro atoms. The number of rotatable bonds is 5. The standard InChI is InChI=1S/C13H11Cl2F3N4O/c14-9-2-1-7(5-10(9)15)21-12-20-6-8(13(16,17)18)11(22-12)19-3-4-23/h1-2,5-6,23H,3-4H2,(H2,19,20,21,22). The van der Waals surface area contributed by atoms with Crippen LogP contribution in [0.5, 0.6) is 0 Å². The van der Waals surface area contributed by atoms with E-state index in [0.29, 0.717) is 16.9 Å². The molecule has 1 aromatic heterocycles. The van der Waals surface area contributed by atoms with Gasteiger partial charge in [0.15, 0.2) is 0 Å². The first-order valence-corrected chi connectivity index (χ1v) is 7.08. The highest BCUT2D eigenvalue weighted by atomic mass is 35.5. The Morgan fingerprint density at radius 2 is 1.91 bits per heavy atom. The lowest BCUT2D eigenvalue weighted by molar-refractivity contribution is -0.137. The first-order chi connectivity index (χ1) is 10.8. The fraction of sp³-hybridized carbons (Fsp3) is 0.231. The van der Waals surface area contributed by atoms with Crippen LogP contribution in [-0.4, -0.2) is 28.2 Å². The Morgan fingerprint density at radius 1 is 1.17 bits per heavy atom. The van der Waals surface area contributed by atoms with Crippen LogP contribution in [0.3, 0.4) is 0 Å². The van der Waals surface area contributed by atoms with Gasteiger partial charge < -0.3 is 15.7 Å². The molecule has 10 heteroatoms. The molecule has 0 unspecified atom stereocenters. The van der Waals surface area contributed by atoms with Gasteiger partial charge in [-0.25, -0.2) is 4.98 Å². The molecule has 3 N–H and O–H groups in total. The van der Waals surface area contributed by atoms with Crippen LogP contribution < -0.4 is 10.6 Å². The second kappa shape index (κ2) is 7.20. The van der Waals surface area contributed by atoms with Crippen LogP contribution in [0.2, 0.25) is 10.0 Å². The Hall–Kier alpha value is -1.77. The molecule has 0 saturated carbocycles. The second-order valence-corrected chi connectivity index (χ2v) is 5.17. The Morgan fingerprint density at radius 3 is 2.52 bits per heavy atom. The van der Waals surface area contributed by atoms with E-state index in [4.69, 9.17) is 28.3 Å². The van der Waals surface area contributed by atoms with E-state index < -0.39 is 17.6 Å². The van der Waals surface area contributed by atoms with E-state index in [1.54, 1.807) is 6.07 Å². The van der Waals surface area contributed by atoms with Crippen LogP contribution >= 0.6 is 23.2 Å². The normalized spacial score (nSPS) is 11.4. The van der Waals surface area contributed by atoms with Gasteiger partial charge in [-0.05, 0) is 18.2 Å². The van der Waals surface area contributed by atoms with Crippen molar-refractivity contribution in [2.75, 3.05) is 23.8 Å². The van der Waals surface area contributed by atoms with E-state index in [9.17, 15) is 13.2 Å². The summed E-state index contributed by atoms with van der Waals surface area (Å²) in [7, 11) is 0. The first-order valence-electron chi connectivity index (χ1n) is 6.32. The maximum absolute atomic E-state index is 12.9. The topological polar surface area (TPSA) is 70.1 Å². The SMILES string of the molecule is OCCNc1nc(Nc2ccc(Cl)c(Cl)c2)ncc1C(F)(F)F. The van der Waals surface area contributed by atoms with E-state index in [-0.39, 0.29) is 24.1 Å². The van der Waals surface area contributed by atoms with Gasteiger partial charge in [0.25, 0.3) is 0 Å². The fourth-order valence-corrected chi connectivity index (χ4v) is 1.96. The monoisotopic (exact) mass is 366 g/mol. The van der Waals surface area contributed by atoms with Crippen LogP contribution in [0.25, 0.3) is 0 Å². The summed E-state index contributed by atoms with van der Waals surface area (Å²) in [4.78, 5) is 7.42. The summed E-state index contributed by atoms with van der Waals surface area (Å²) in [6.07, 6.45) is -3.95. The maximum atomic E-state index is 12.9. The molecule has 23 heavy (non-hydrogen) atoms. The number of hydrogen-bond donors (Lipinski definition) is 3. The summed E-state index contributed by atoms with van der Waals surface area (Å²) in [5, 5.41) is 14.5. The number of nitrogens with zero attached hydrogens (tertiary/aromatic N) is 2. The van der Waals surface area contributed by atoms with Crippen LogP contribution in [-0.2, 0) is 6.18 Å². The molecule has 0 aliphatic rings. The number of benzene rings is 1. The van der Waals surface area contributed by atoms with Crippen molar-refractivity contribution in [3.05, 3.63) is 40.0 Å². The average molecular weight is 367 g/mol. The summed E-state index contributed by atoms with van der Waals surface area (Å²) in [6.45, 7) is -0.414. The van der Waals surface area contributed by atoms with Crippen molar-refractivity contribution in [1.29, 1.82) is 0 Å². The predicted molar refractivity (Wildman–Crippen MR) is 82.4 cm³/mol. The zero-order chi connectivity index (χ0) is 17.0. The fourth-order valence-electron chi connectivity index (χ4n) is 1.66. The minimum atomic E-state index is -4.61. The molecule has 2 aromatic rings. The molecule has 1 heterocycles. The molecular formula is C13H11Cl2F3N4O. The Balaban J connectivity index is 2.30. The molecule has 0 bridgehead atoms. The Bertz CT molecular complexity index is 697. The van der Waals surface area contributed by atoms with Crippen molar-refractivity contribution < 1.29 is 18.3 Å². The third kappa shape index (κ3) is 4.60. The van der Waals surface area contributed by atoms with Gasteiger partial charge in [0.05, 0.1) is 16.7 Å². The van der Waals surface area contributed by atoms with Crippen molar-refractivity contribution in [3.63, 3.8) is 0 Å². The Kier molecular flexibility index (Phi) is 5.51. The van der Waals surface area contributed by atoms with Crippen molar-refractivity contribution in [2.24, 2.45) is 0 Å². The summed E-state index contributed by atoms with van der Waals surface area (Å²) in [6, 6.07) is 4.60. The molecular weight excluding hydrogens is 356 g/mol. The molecule has 0 aliphatic heterocycles. The molecule has 0 aliphatic carbocycles. The summed E-state index contributed by atoms with van der Waals surface area (Å²) >= 11 is 11.7. The van der Waals surface area contributed by atoms with E-state index in [0.717, 1.165) is 0 Å². The number of aromatic nitrogens is 2. The lowest BCUT2D eigenvalue weighted by Gasteiger charge is -2.14. The highest BCUT2D eigenvalue weighted by Crippen LogP contribution is 2.34. The zero-order valence-electron chi connectivity index (χ0n) is 11.5. The van der Waals surface area contributed by atoms with Crippen LogP contribution in [0.4, 0.5) is 30.6 Å². The summed E-state index contributed by atoms with van der Waals surface area (Å²) in [5.41, 5.74) is -0.557. The highest BCUT2D eigenvalue weighted by Gasteiger charge is 2.35. The highest BCUT2D eigenvalue weighted by molar-refractivity contribution is 6.42. The van der Waals surface area contributed by atoms with Gasteiger partial charge in [-0.1, -0.05) is 23.2 Å². The van der Waals surface area contributed by atoms with Gasteiger partial charge in [0, 0.05) is 18.4 Å². The largest absolute Gasteiger partial charge is 0.421 e. The number of aliphatic hydroxyl groups excluding tert-OH is 1. The third-order valence-corrected chi connectivity index (χ3v) is 3.41. The summed E-state index contributed by atoms with van der Waals surface area (Å²) < 4.78 is 38.7. The minimum absolute atomic E-state index is 0.0585. The molecule has 0 atom stereocenters. The number of aliphatic hydroxyl groups is 1. The van der Waals surface area contributed by atoms with Gasteiger partial charge in [-0.2, -0.15) is 18.2 Å². The number of anilines is 3. The van der Waals surface area contributed by atoms with Crippen LogP contribution in [0, 0.1) is 0 Å². The van der Waals surface area contributed by atoms with Gasteiger partial charge >= 0.3 is 6.18 Å². The smallest absolute Gasteiger partial charge is 0.395 e. The van der Waals surface area contributed by atoms with Gasteiger partial charge in [-0.3, -0.25) is 0 Å². The second-order valence-electron chi connectivity index (χ2n) is 4.36. The van der Waals surface area contributed by atoms with E-state index >= 15 is 0 Å². The van der Waals surface area contributed by atoms with Crippen molar-refractivity contribution in [3.8, 4) is 0 Å². The van der Waals surface area contributed by atoms with E-state index in [2.05, 4.69) is 20.6 Å². The van der Waals surface area contributed by atoms with Crippen molar-refractivity contribution in [2.45, 2.75) is 6.18 Å². The number of alkyl halides is 3. The van der Waals surface area contributed by atoms with Gasteiger partial charge in [-0.15, -0.1) is 0 Å². The van der Waals surface area contributed by atoms with Gasteiger partial charge in [0.2, 0.25) is 5.95 Å². The summed E-state index contributed by atoms with van der Waals surface area (Å²) in [5.74, 6) is -0.485. The number of nitrogens with one attached hydrogen (secondary N) is 2. The average Bonchev–Trinajstić information content (AvgIpc) is 2.48. The molecule has 0 amide bonds. The number of halogens is 5. The molecule has 0 fully saturated rings. The third-order valence-electron chi connectivity index (χ3n) is 2.67. The first kappa shape index (κ1) is 17.6. The number of hydrogen-bond acceptors (Lipinski definition) is 5. The molecule has 2 rings (SSSR count). The lowest BCUT2D eigenvalue weighted by atomic mass is 10.3. The molecule has 1 aromatic carbocycles. The quantitative estimate of drug-likeness (QED) is 0.747. The lowest BCUT2D eigenvalue weighted by Crippen LogP contribution is -2.16. The van der Waals surface area contributed by atoms with Crippen LogP contribution in [0.1, 0.15) is 5.56 Å². The van der Waals surface area contributed by atoms with Crippen molar-refractivity contribution in [1.82, 2.24) is 9.97 Å². The minimum Gasteiger partial charge on any atom is -0.395 e. The predicted octanol–water partition coefficient (Wildman–Crippen LogP) is 3.95. The van der Waals surface area contributed by atoms with Crippen molar-refractivity contribution >= 4 is 40.7 Å². The van der Waals surface area contributed by atoms with E-state index in [1.807, 2.05) is 0 Å². The molecule has 5 nitrogen and oxygen atoms in total. The molecule has 124 valence electrons. The van der Waals surface area contributed by atoms with E-state index in [1.165, 1.54) is 12.1 Å². The van der Waals surface area contributed by atoms with Crippen LogP contribution in [0.15, 0.2) is 24.4 Å². The Labute approximate surface area is 139 Å². The zero-order valence-corrected chi connectivity index (χ0v) is 13.0. The molecule has 0 radical (unpaired) electrons. The molecule has 0 saturated heterocycles.